The zero-order valence-corrected chi connectivity index (χ0v) is 13.0. The third-order valence-electron chi connectivity index (χ3n) is 3.94. The van der Waals surface area contributed by atoms with Gasteiger partial charge in [-0.25, -0.2) is 0 Å². The molecule has 114 valence electrons. The molecule has 2 aromatic rings. The fourth-order valence-corrected chi connectivity index (χ4v) is 2.69. The molecule has 1 N–H and O–H groups in total. The minimum Gasteiger partial charge on any atom is -0.365 e. The zero-order valence-electron chi connectivity index (χ0n) is 13.0. The van der Waals surface area contributed by atoms with Crippen LogP contribution in [0.3, 0.4) is 0 Å². The Balaban J connectivity index is 1.60. The van der Waals surface area contributed by atoms with Crippen LogP contribution in [0.2, 0.25) is 0 Å². The van der Waals surface area contributed by atoms with Crippen LogP contribution in [0.5, 0.6) is 0 Å². The number of aromatic nitrogens is 4. The second kappa shape index (κ2) is 5.95. The van der Waals surface area contributed by atoms with Gasteiger partial charge < -0.3 is 10.2 Å². The van der Waals surface area contributed by atoms with E-state index in [1.165, 1.54) is 0 Å². The van der Waals surface area contributed by atoms with Crippen molar-refractivity contribution >= 4 is 11.5 Å². The molecule has 2 aromatic heterocycles. The Kier molecular flexibility index (Phi) is 4.03. The summed E-state index contributed by atoms with van der Waals surface area (Å²) in [5, 5.41) is 16.1. The molecule has 1 atom stereocenters. The van der Waals surface area contributed by atoms with Gasteiger partial charge in [0, 0.05) is 38.8 Å². The molecule has 1 unspecified atom stereocenters. The van der Waals surface area contributed by atoms with Crippen LogP contribution in [0.15, 0.2) is 12.1 Å². The van der Waals surface area contributed by atoms with E-state index in [9.17, 15) is 0 Å². The van der Waals surface area contributed by atoms with Crippen molar-refractivity contribution in [2.75, 3.05) is 45.1 Å². The molecule has 0 amide bonds. The first kappa shape index (κ1) is 14.2. The largest absolute Gasteiger partial charge is 0.365 e. The van der Waals surface area contributed by atoms with Gasteiger partial charge in [-0.3, -0.25) is 4.90 Å². The second-order valence-corrected chi connectivity index (χ2v) is 5.89. The quantitative estimate of drug-likeness (QED) is 0.883. The maximum absolute atomic E-state index is 4.53. The van der Waals surface area contributed by atoms with Gasteiger partial charge in [-0.05, 0) is 33.0 Å². The maximum atomic E-state index is 4.53. The van der Waals surface area contributed by atoms with E-state index < -0.39 is 0 Å². The molecular formula is C14H23N7. The molecule has 0 spiro atoms. The number of hydrogen-bond donors (Lipinski definition) is 1. The highest BCUT2D eigenvalue weighted by Gasteiger charge is 2.16. The molecule has 1 saturated heterocycles. The predicted octanol–water partition coefficient (Wildman–Crippen LogP) is 0.481. The molecule has 0 saturated carbocycles. The molecular weight excluding hydrogens is 266 g/mol. The monoisotopic (exact) mass is 289 g/mol. The van der Waals surface area contributed by atoms with Crippen LogP contribution in [0.25, 0.3) is 5.65 Å². The van der Waals surface area contributed by atoms with E-state index in [-0.39, 0.29) is 0 Å². The van der Waals surface area contributed by atoms with Gasteiger partial charge in [-0.2, -0.15) is 4.52 Å². The number of rotatable bonds is 4. The fraction of sp³-hybridized carbons (Fsp3) is 0.643. The smallest absolute Gasteiger partial charge is 0.178 e. The van der Waals surface area contributed by atoms with Gasteiger partial charge in [0.05, 0.1) is 0 Å². The summed E-state index contributed by atoms with van der Waals surface area (Å²) in [7, 11) is 2.18. The number of piperazine rings is 1. The van der Waals surface area contributed by atoms with Crippen molar-refractivity contribution in [3.05, 3.63) is 18.0 Å². The van der Waals surface area contributed by atoms with E-state index in [0.717, 1.165) is 50.0 Å². The zero-order chi connectivity index (χ0) is 14.8. The molecule has 0 aromatic carbocycles. The Bertz CT molecular complexity index is 600. The van der Waals surface area contributed by atoms with Crippen LogP contribution >= 0.6 is 0 Å². The number of nitrogens with zero attached hydrogens (tertiary/aromatic N) is 6. The molecule has 3 rings (SSSR count). The minimum atomic E-state index is 0.357. The molecule has 0 bridgehead atoms. The SMILES string of the molecule is Cc1nnc2ccc(NC(C)CN3CCN(C)CC3)nn12. The Morgan fingerprint density at radius 3 is 2.71 bits per heavy atom. The summed E-state index contributed by atoms with van der Waals surface area (Å²) >= 11 is 0. The van der Waals surface area contributed by atoms with Crippen molar-refractivity contribution in [1.29, 1.82) is 0 Å². The summed E-state index contributed by atoms with van der Waals surface area (Å²) in [4.78, 5) is 4.87. The molecule has 0 radical (unpaired) electrons. The number of nitrogens with one attached hydrogen (secondary N) is 1. The number of aryl methyl sites for hydroxylation is 1. The highest BCUT2D eigenvalue weighted by atomic mass is 15.4. The van der Waals surface area contributed by atoms with Crippen molar-refractivity contribution in [3.8, 4) is 0 Å². The average molecular weight is 289 g/mol. The number of fused-ring (bicyclic) bond motifs is 1. The molecule has 3 heterocycles. The Labute approximate surface area is 124 Å². The molecule has 7 heteroatoms. The van der Waals surface area contributed by atoms with Crippen LogP contribution in [-0.2, 0) is 0 Å². The van der Waals surface area contributed by atoms with Gasteiger partial charge in [0.15, 0.2) is 11.5 Å². The summed E-state index contributed by atoms with van der Waals surface area (Å²) in [6.07, 6.45) is 0. The van der Waals surface area contributed by atoms with Crippen molar-refractivity contribution in [3.63, 3.8) is 0 Å². The topological polar surface area (TPSA) is 61.6 Å². The minimum absolute atomic E-state index is 0.357. The lowest BCUT2D eigenvalue weighted by molar-refractivity contribution is 0.151. The molecule has 1 aliphatic heterocycles. The van der Waals surface area contributed by atoms with E-state index in [1.54, 1.807) is 4.52 Å². The van der Waals surface area contributed by atoms with E-state index in [2.05, 4.69) is 44.4 Å². The lowest BCUT2D eigenvalue weighted by Gasteiger charge is -2.34. The lowest BCUT2D eigenvalue weighted by atomic mass is 10.2. The van der Waals surface area contributed by atoms with Gasteiger partial charge in [0.1, 0.15) is 5.82 Å². The van der Waals surface area contributed by atoms with Gasteiger partial charge in [-0.1, -0.05) is 0 Å². The van der Waals surface area contributed by atoms with Gasteiger partial charge in [0.25, 0.3) is 0 Å². The van der Waals surface area contributed by atoms with E-state index in [1.807, 2.05) is 19.1 Å². The fourth-order valence-electron chi connectivity index (χ4n) is 2.69. The first-order valence-corrected chi connectivity index (χ1v) is 7.48. The molecule has 21 heavy (non-hydrogen) atoms. The molecule has 7 nitrogen and oxygen atoms in total. The molecule has 1 aliphatic rings. The lowest BCUT2D eigenvalue weighted by Crippen LogP contribution is -2.47. The summed E-state index contributed by atoms with van der Waals surface area (Å²) in [6, 6.07) is 4.26. The Morgan fingerprint density at radius 1 is 1.19 bits per heavy atom. The summed E-state index contributed by atoms with van der Waals surface area (Å²) in [5.41, 5.74) is 0.782. The Hall–Kier alpha value is -1.73. The van der Waals surface area contributed by atoms with E-state index in [0.29, 0.717) is 6.04 Å². The first-order valence-electron chi connectivity index (χ1n) is 7.48. The number of anilines is 1. The predicted molar refractivity (Wildman–Crippen MR) is 82.5 cm³/mol. The van der Waals surface area contributed by atoms with Crippen LogP contribution in [0.1, 0.15) is 12.7 Å². The highest BCUT2D eigenvalue weighted by Crippen LogP contribution is 2.09. The highest BCUT2D eigenvalue weighted by molar-refractivity contribution is 5.44. The molecule has 0 aliphatic carbocycles. The number of likely N-dealkylation sites (N-methyl/N-ethyl adjacent to an activating group) is 1. The summed E-state index contributed by atoms with van der Waals surface area (Å²) in [6.45, 7) is 9.72. The van der Waals surface area contributed by atoms with Gasteiger partial charge in [-0.15, -0.1) is 15.3 Å². The average Bonchev–Trinajstić information content (AvgIpc) is 2.83. The standard InChI is InChI=1S/C14H23N7/c1-11(10-20-8-6-19(3)7-9-20)15-13-4-5-14-17-16-12(2)21(14)18-13/h4-5,11H,6-10H2,1-3H3,(H,15,18). The summed E-state index contributed by atoms with van der Waals surface area (Å²) in [5.74, 6) is 1.67. The van der Waals surface area contributed by atoms with Crippen LogP contribution in [0.4, 0.5) is 5.82 Å². The summed E-state index contributed by atoms with van der Waals surface area (Å²) < 4.78 is 1.77. The third kappa shape index (κ3) is 3.30. The molecule has 1 fully saturated rings. The van der Waals surface area contributed by atoms with E-state index >= 15 is 0 Å². The van der Waals surface area contributed by atoms with E-state index in [4.69, 9.17) is 0 Å². The van der Waals surface area contributed by atoms with Crippen molar-refractivity contribution < 1.29 is 0 Å². The second-order valence-electron chi connectivity index (χ2n) is 5.89. The number of hydrogen-bond acceptors (Lipinski definition) is 6. The van der Waals surface area contributed by atoms with Crippen LogP contribution in [0, 0.1) is 6.92 Å². The maximum Gasteiger partial charge on any atom is 0.178 e. The third-order valence-corrected chi connectivity index (χ3v) is 3.94. The van der Waals surface area contributed by atoms with Crippen LogP contribution in [-0.4, -0.2) is 75.4 Å². The van der Waals surface area contributed by atoms with Crippen molar-refractivity contribution in [2.24, 2.45) is 0 Å². The van der Waals surface area contributed by atoms with Gasteiger partial charge >= 0.3 is 0 Å². The van der Waals surface area contributed by atoms with Crippen molar-refractivity contribution in [1.82, 2.24) is 29.6 Å². The normalized spacial score (nSPS) is 19.0. The first-order chi connectivity index (χ1) is 10.1. The van der Waals surface area contributed by atoms with Crippen molar-refractivity contribution in [2.45, 2.75) is 19.9 Å². The van der Waals surface area contributed by atoms with Gasteiger partial charge in [0.2, 0.25) is 0 Å². The Morgan fingerprint density at radius 2 is 1.95 bits per heavy atom. The van der Waals surface area contributed by atoms with Crippen LogP contribution < -0.4 is 5.32 Å².